The van der Waals surface area contributed by atoms with Crippen LogP contribution in [0.1, 0.15) is 12.1 Å². The summed E-state index contributed by atoms with van der Waals surface area (Å²) in [4.78, 5) is 19.9. The molecule has 1 unspecified atom stereocenters. The first-order valence-electron chi connectivity index (χ1n) is 10.7. The van der Waals surface area contributed by atoms with Crippen LogP contribution in [0.4, 0.5) is 4.79 Å². The molecule has 166 valence electrons. The lowest BCUT2D eigenvalue weighted by molar-refractivity contribution is 0.0472. The maximum atomic E-state index is 12.5. The first-order chi connectivity index (χ1) is 15.7. The Morgan fingerprint density at radius 3 is 3.03 bits per heavy atom. The number of rotatable bonds is 6. The van der Waals surface area contributed by atoms with Gasteiger partial charge in [0.25, 0.3) is 0 Å². The van der Waals surface area contributed by atoms with Gasteiger partial charge >= 0.3 is 6.03 Å². The number of amides is 2. The molecule has 2 amide bonds. The van der Waals surface area contributed by atoms with Gasteiger partial charge in [0.15, 0.2) is 6.10 Å². The van der Waals surface area contributed by atoms with Crippen molar-refractivity contribution in [2.75, 3.05) is 19.7 Å². The van der Waals surface area contributed by atoms with E-state index >= 15 is 0 Å². The highest BCUT2D eigenvalue weighted by molar-refractivity contribution is 5.90. The van der Waals surface area contributed by atoms with Gasteiger partial charge in [-0.2, -0.15) is 5.10 Å². The molecule has 0 fully saturated rings. The number of oxime groups is 1. The third kappa shape index (κ3) is 4.32. The number of carbonyl (C=O) groups is 1. The summed E-state index contributed by atoms with van der Waals surface area (Å²) in [5, 5.41) is 11.3. The molecule has 2 aliphatic heterocycles. The fraction of sp³-hybridized carbons (Fsp3) is 0.348. The predicted octanol–water partition coefficient (Wildman–Crippen LogP) is 2.64. The second kappa shape index (κ2) is 8.78. The molecular formula is C23H26N6O3. The number of urea groups is 1. The van der Waals surface area contributed by atoms with E-state index in [9.17, 15) is 4.79 Å². The van der Waals surface area contributed by atoms with Crippen LogP contribution in [0.25, 0.3) is 11.1 Å². The van der Waals surface area contributed by atoms with Crippen LogP contribution in [0.2, 0.25) is 0 Å². The van der Waals surface area contributed by atoms with E-state index in [1.165, 1.54) is 0 Å². The highest BCUT2D eigenvalue weighted by atomic mass is 16.7. The van der Waals surface area contributed by atoms with Gasteiger partial charge in [0.1, 0.15) is 12.4 Å². The van der Waals surface area contributed by atoms with Crippen molar-refractivity contribution >= 4 is 11.7 Å². The molecule has 0 bridgehead atoms. The van der Waals surface area contributed by atoms with Crippen molar-refractivity contribution in [1.82, 2.24) is 24.6 Å². The Bertz CT molecular complexity index is 1130. The zero-order valence-electron chi connectivity index (χ0n) is 18.0. The SMILES string of the molecule is Cn1cc(-c2ccccc2OCC2CC(CNC(=O)N3CCn4cccc4C3)=NO2)cn1. The number of carbonyl (C=O) groups excluding carboxylic acids is 1. The number of aromatic nitrogens is 3. The molecule has 0 radical (unpaired) electrons. The average molecular weight is 435 g/mol. The molecule has 9 nitrogen and oxygen atoms in total. The minimum Gasteiger partial charge on any atom is -0.489 e. The summed E-state index contributed by atoms with van der Waals surface area (Å²) in [7, 11) is 1.89. The van der Waals surface area contributed by atoms with Crippen molar-refractivity contribution in [1.29, 1.82) is 0 Å². The van der Waals surface area contributed by atoms with E-state index in [1.54, 1.807) is 4.68 Å². The van der Waals surface area contributed by atoms with E-state index in [-0.39, 0.29) is 12.1 Å². The summed E-state index contributed by atoms with van der Waals surface area (Å²) in [5.41, 5.74) is 3.95. The van der Waals surface area contributed by atoms with Crippen LogP contribution in [-0.2, 0) is 25.0 Å². The van der Waals surface area contributed by atoms with Crippen LogP contribution in [0, 0.1) is 0 Å². The van der Waals surface area contributed by atoms with Gasteiger partial charge in [-0.15, -0.1) is 0 Å². The van der Waals surface area contributed by atoms with E-state index in [1.807, 2.05) is 66.9 Å². The molecule has 2 aromatic heterocycles. The zero-order chi connectivity index (χ0) is 21.9. The van der Waals surface area contributed by atoms with Crippen molar-refractivity contribution in [2.45, 2.75) is 25.6 Å². The summed E-state index contributed by atoms with van der Waals surface area (Å²) in [6, 6.07) is 11.9. The number of aryl methyl sites for hydroxylation is 1. The molecular weight excluding hydrogens is 408 g/mol. The van der Waals surface area contributed by atoms with Gasteiger partial charge in [-0.25, -0.2) is 4.79 Å². The standard InChI is InChI=1S/C23H26N6O3/c1-27-14-17(12-25-27)21-6-2-3-7-22(21)31-16-20-11-18(26-32-20)13-24-23(30)29-10-9-28-8-4-5-19(28)15-29/h2-8,12,14,20H,9-11,13,15-16H2,1H3,(H,24,30). The third-order valence-electron chi connectivity index (χ3n) is 5.74. The molecule has 0 saturated heterocycles. The molecule has 1 aromatic carbocycles. The summed E-state index contributed by atoms with van der Waals surface area (Å²) in [6.45, 7) is 2.89. The number of nitrogens with one attached hydrogen (secondary N) is 1. The molecule has 32 heavy (non-hydrogen) atoms. The topological polar surface area (TPSA) is 85.9 Å². The van der Waals surface area contributed by atoms with Crippen molar-refractivity contribution in [3.8, 4) is 16.9 Å². The van der Waals surface area contributed by atoms with E-state index in [0.29, 0.717) is 32.7 Å². The van der Waals surface area contributed by atoms with Crippen LogP contribution in [0.5, 0.6) is 5.75 Å². The van der Waals surface area contributed by atoms with Crippen LogP contribution >= 0.6 is 0 Å². The number of nitrogens with zero attached hydrogens (tertiary/aromatic N) is 5. The maximum absolute atomic E-state index is 12.5. The zero-order valence-corrected chi connectivity index (χ0v) is 18.0. The minimum absolute atomic E-state index is 0.0785. The Labute approximate surface area is 186 Å². The van der Waals surface area contributed by atoms with Crippen molar-refractivity contribution in [3.63, 3.8) is 0 Å². The van der Waals surface area contributed by atoms with Gasteiger partial charge in [0, 0.05) is 55.8 Å². The summed E-state index contributed by atoms with van der Waals surface area (Å²) in [5.74, 6) is 0.778. The third-order valence-corrected chi connectivity index (χ3v) is 5.74. The van der Waals surface area contributed by atoms with Gasteiger partial charge in [-0.3, -0.25) is 4.68 Å². The molecule has 9 heteroatoms. The number of benzene rings is 1. The second-order valence-electron chi connectivity index (χ2n) is 8.07. The van der Waals surface area contributed by atoms with Crippen LogP contribution in [0.15, 0.2) is 60.1 Å². The molecule has 0 aliphatic carbocycles. The van der Waals surface area contributed by atoms with Crippen LogP contribution in [0.3, 0.4) is 0 Å². The number of para-hydroxylation sites is 1. The molecule has 2 aliphatic rings. The molecule has 3 aromatic rings. The van der Waals surface area contributed by atoms with Crippen LogP contribution < -0.4 is 10.1 Å². The Hall–Kier alpha value is -3.75. The predicted molar refractivity (Wildman–Crippen MR) is 119 cm³/mol. The summed E-state index contributed by atoms with van der Waals surface area (Å²) >= 11 is 0. The summed E-state index contributed by atoms with van der Waals surface area (Å²) in [6.07, 6.45) is 6.27. The quantitative estimate of drug-likeness (QED) is 0.646. The number of fused-ring (bicyclic) bond motifs is 1. The van der Waals surface area contributed by atoms with Crippen molar-refractivity contribution in [2.24, 2.45) is 12.2 Å². The van der Waals surface area contributed by atoms with Gasteiger partial charge < -0.3 is 24.4 Å². The minimum atomic E-state index is -0.179. The number of ether oxygens (including phenoxy) is 1. The van der Waals surface area contributed by atoms with Gasteiger partial charge in [-0.1, -0.05) is 23.4 Å². The molecule has 1 N–H and O–H groups in total. The van der Waals surface area contributed by atoms with Gasteiger partial charge in [-0.05, 0) is 18.2 Å². The van der Waals surface area contributed by atoms with Crippen molar-refractivity contribution < 1.29 is 14.4 Å². The second-order valence-corrected chi connectivity index (χ2v) is 8.07. The fourth-order valence-corrected chi connectivity index (χ4v) is 4.03. The van der Waals surface area contributed by atoms with E-state index in [2.05, 4.69) is 20.1 Å². The highest BCUT2D eigenvalue weighted by Gasteiger charge is 2.24. The van der Waals surface area contributed by atoms with Gasteiger partial charge in [0.2, 0.25) is 0 Å². The molecule has 1 atom stereocenters. The smallest absolute Gasteiger partial charge is 0.318 e. The number of hydrogen-bond donors (Lipinski definition) is 1. The molecule has 0 spiro atoms. The lowest BCUT2D eigenvalue weighted by Crippen LogP contribution is -2.45. The maximum Gasteiger partial charge on any atom is 0.318 e. The van der Waals surface area contributed by atoms with Crippen molar-refractivity contribution in [3.05, 3.63) is 60.7 Å². The molecule has 4 heterocycles. The normalized spacial score (nSPS) is 17.5. The van der Waals surface area contributed by atoms with E-state index in [4.69, 9.17) is 9.57 Å². The lowest BCUT2D eigenvalue weighted by atomic mass is 10.1. The highest BCUT2D eigenvalue weighted by Crippen LogP contribution is 2.29. The first kappa shape index (κ1) is 20.2. The Kier molecular flexibility index (Phi) is 5.53. The molecule has 0 saturated carbocycles. The largest absolute Gasteiger partial charge is 0.489 e. The average Bonchev–Trinajstić information content (AvgIpc) is 3.56. The van der Waals surface area contributed by atoms with Crippen LogP contribution in [-0.4, -0.2) is 56.8 Å². The molecule has 5 rings (SSSR count). The fourth-order valence-electron chi connectivity index (χ4n) is 4.03. The van der Waals surface area contributed by atoms with E-state index < -0.39 is 0 Å². The van der Waals surface area contributed by atoms with E-state index in [0.717, 1.165) is 34.8 Å². The Morgan fingerprint density at radius 1 is 1.25 bits per heavy atom. The Balaban J connectivity index is 1.09. The Morgan fingerprint density at radius 2 is 2.16 bits per heavy atom. The summed E-state index contributed by atoms with van der Waals surface area (Å²) < 4.78 is 9.99. The lowest BCUT2D eigenvalue weighted by Gasteiger charge is -2.28. The first-order valence-corrected chi connectivity index (χ1v) is 10.7. The van der Waals surface area contributed by atoms with Gasteiger partial charge in [0.05, 0.1) is 25.0 Å². The monoisotopic (exact) mass is 434 g/mol. The number of hydrogen-bond acceptors (Lipinski definition) is 5.